The number of aliphatic hydroxyl groups excluding tert-OH is 1. The molecular formula is C16H14O3S. The molecule has 4 heteroatoms. The van der Waals surface area contributed by atoms with Crippen molar-refractivity contribution < 1.29 is 15.0 Å². The molecule has 1 unspecified atom stereocenters. The van der Waals surface area contributed by atoms with Crippen LogP contribution < -0.4 is 0 Å². The summed E-state index contributed by atoms with van der Waals surface area (Å²) >= 11 is 1.72. The molecule has 0 saturated carbocycles. The van der Waals surface area contributed by atoms with Gasteiger partial charge in [-0.05, 0) is 30.2 Å². The van der Waals surface area contributed by atoms with Crippen LogP contribution in [0, 0.1) is 0 Å². The van der Waals surface area contributed by atoms with Gasteiger partial charge >= 0.3 is 5.97 Å². The van der Waals surface area contributed by atoms with Crippen LogP contribution in [0.4, 0.5) is 0 Å². The van der Waals surface area contributed by atoms with Gasteiger partial charge in [0, 0.05) is 26.6 Å². The van der Waals surface area contributed by atoms with E-state index in [0.717, 1.165) is 10.9 Å². The minimum Gasteiger partial charge on any atom is -0.481 e. The van der Waals surface area contributed by atoms with Crippen molar-refractivity contribution in [3.8, 4) is 0 Å². The summed E-state index contributed by atoms with van der Waals surface area (Å²) < 4.78 is 2.40. The maximum absolute atomic E-state index is 10.6. The van der Waals surface area contributed by atoms with E-state index >= 15 is 0 Å². The number of hydrogen-bond acceptors (Lipinski definition) is 3. The molecule has 0 fully saturated rings. The van der Waals surface area contributed by atoms with Gasteiger partial charge in [0.05, 0.1) is 6.10 Å². The summed E-state index contributed by atoms with van der Waals surface area (Å²) in [4.78, 5) is 10.6. The van der Waals surface area contributed by atoms with Gasteiger partial charge in [0.1, 0.15) is 0 Å². The zero-order valence-corrected chi connectivity index (χ0v) is 11.6. The molecule has 0 aliphatic carbocycles. The second-order valence-corrected chi connectivity index (χ2v) is 5.89. The Balaban J connectivity index is 2.01. The highest BCUT2D eigenvalue weighted by Gasteiger charge is 2.12. The van der Waals surface area contributed by atoms with E-state index in [4.69, 9.17) is 5.11 Å². The van der Waals surface area contributed by atoms with E-state index in [1.807, 2.05) is 30.3 Å². The van der Waals surface area contributed by atoms with Gasteiger partial charge in [0.2, 0.25) is 0 Å². The summed E-state index contributed by atoms with van der Waals surface area (Å²) in [6.07, 6.45) is -0.513. The molecule has 1 atom stereocenters. The van der Waals surface area contributed by atoms with Crippen molar-refractivity contribution in [2.45, 2.75) is 18.9 Å². The van der Waals surface area contributed by atoms with Gasteiger partial charge in [-0.1, -0.05) is 24.3 Å². The third-order valence-electron chi connectivity index (χ3n) is 3.42. The molecule has 1 aromatic heterocycles. The average Bonchev–Trinajstić information content (AvgIpc) is 2.82. The van der Waals surface area contributed by atoms with Crippen molar-refractivity contribution in [1.29, 1.82) is 0 Å². The third-order valence-corrected chi connectivity index (χ3v) is 4.57. The van der Waals surface area contributed by atoms with E-state index in [9.17, 15) is 9.90 Å². The maximum Gasteiger partial charge on any atom is 0.303 e. The number of aliphatic carboxylic acids is 1. The van der Waals surface area contributed by atoms with Crippen LogP contribution >= 0.6 is 11.3 Å². The third kappa shape index (κ3) is 2.40. The predicted octanol–water partition coefficient (Wildman–Crippen LogP) is 3.95. The number of aliphatic hydroxyl groups is 1. The van der Waals surface area contributed by atoms with Gasteiger partial charge in [-0.15, -0.1) is 11.3 Å². The van der Waals surface area contributed by atoms with Crippen LogP contribution in [0.15, 0.2) is 42.5 Å². The minimum absolute atomic E-state index is 0.0242. The number of carboxylic acid groups (broad SMARTS) is 1. The lowest BCUT2D eigenvalue weighted by Crippen LogP contribution is -2.02. The van der Waals surface area contributed by atoms with Gasteiger partial charge in [-0.25, -0.2) is 0 Å². The number of fused-ring (bicyclic) bond motifs is 3. The van der Waals surface area contributed by atoms with Gasteiger partial charge in [-0.2, -0.15) is 0 Å². The molecule has 0 amide bonds. The molecule has 102 valence electrons. The van der Waals surface area contributed by atoms with Crippen LogP contribution in [0.1, 0.15) is 24.5 Å². The number of benzene rings is 2. The smallest absolute Gasteiger partial charge is 0.303 e. The summed E-state index contributed by atoms with van der Waals surface area (Å²) in [5.74, 6) is -0.883. The highest BCUT2D eigenvalue weighted by Crippen LogP contribution is 2.35. The molecule has 1 heterocycles. The van der Waals surface area contributed by atoms with Gasteiger partial charge < -0.3 is 10.2 Å². The van der Waals surface area contributed by atoms with Crippen LogP contribution in [0.2, 0.25) is 0 Å². The Labute approximate surface area is 120 Å². The first-order valence-corrected chi connectivity index (χ1v) is 7.28. The van der Waals surface area contributed by atoms with Gasteiger partial charge in [0.15, 0.2) is 0 Å². The zero-order valence-electron chi connectivity index (χ0n) is 10.7. The summed E-state index contributed by atoms with van der Waals surface area (Å²) in [5, 5.41) is 21.1. The molecule has 0 bridgehead atoms. The average molecular weight is 286 g/mol. The normalized spacial score (nSPS) is 12.8. The Morgan fingerprint density at radius 1 is 1.10 bits per heavy atom. The number of hydrogen-bond donors (Lipinski definition) is 2. The molecular weight excluding hydrogens is 272 g/mol. The molecule has 3 nitrogen and oxygen atoms in total. The molecule has 3 aromatic rings. The van der Waals surface area contributed by atoms with Crippen molar-refractivity contribution >= 4 is 37.5 Å². The lowest BCUT2D eigenvalue weighted by atomic mass is 10.0. The standard InChI is InChI=1S/C16H14O3S/c17-13(6-8-16(18)19)10-5-7-15-12(9-10)11-3-1-2-4-14(11)20-15/h1-5,7,9,13,17H,6,8H2,(H,18,19). The fourth-order valence-electron chi connectivity index (χ4n) is 2.38. The van der Waals surface area contributed by atoms with Crippen molar-refractivity contribution in [3.63, 3.8) is 0 Å². The Morgan fingerprint density at radius 2 is 1.85 bits per heavy atom. The van der Waals surface area contributed by atoms with E-state index in [2.05, 4.69) is 12.1 Å². The molecule has 20 heavy (non-hydrogen) atoms. The number of rotatable bonds is 4. The second kappa shape index (κ2) is 5.23. The Morgan fingerprint density at radius 3 is 2.65 bits per heavy atom. The van der Waals surface area contributed by atoms with E-state index in [0.29, 0.717) is 0 Å². The van der Waals surface area contributed by atoms with Crippen LogP contribution in [0.5, 0.6) is 0 Å². The van der Waals surface area contributed by atoms with Gasteiger partial charge in [-0.3, -0.25) is 4.79 Å². The number of thiophene rings is 1. The molecule has 0 aliphatic rings. The molecule has 0 spiro atoms. The first kappa shape index (κ1) is 13.1. The largest absolute Gasteiger partial charge is 0.481 e. The summed E-state index contributed by atoms with van der Waals surface area (Å²) in [6, 6.07) is 14.0. The van der Waals surface area contributed by atoms with Crippen LogP contribution in [0.3, 0.4) is 0 Å². The molecule has 0 aliphatic heterocycles. The predicted molar refractivity (Wildman–Crippen MR) is 81.2 cm³/mol. The topological polar surface area (TPSA) is 57.5 Å². The monoisotopic (exact) mass is 286 g/mol. The minimum atomic E-state index is -0.883. The van der Waals surface area contributed by atoms with E-state index < -0.39 is 12.1 Å². The molecule has 3 rings (SSSR count). The highest BCUT2D eigenvalue weighted by atomic mass is 32.1. The zero-order chi connectivity index (χ0) is 14.1. The van der Waals surface area contributed by atoms with Crippen molar-refractivity contribution in [2.75, 3.05) is 0 Å². The molecule has 2 aromatic carbocycles. The van der Waals surface area contributed by atoms with E-state index in [-0.39, 0.29) is 12.8 Å². The van der Waals surface area contributed by atoms with Crippen LogP contribution in [0.25, 0.3) is 20.2 Å². The first-order valence-electron chi connectivity index (χ1n) is 6.46. The Hall–Kier alpha value is -1.91. The van der Waals surface area contributed by atoms with Crippen molar-refractivity contribution in [2.24, 2.45) is 0 Å². The lowest BCUT2D eigenvalue weighted by Gasteiger charge is -2.09. The van der Waals surface area contributed by atoms with Crippen molar-refractivity contribution in [3.05, 3.63) is 48.0 Å². The SMILES string of the molecule is O=C(O)CCC(O)c1ccc2sc3ccccc3c2c1. The fraction of sp³-hybridized carbons (Fsp3) is 0.188. The summed E-state index contributed by atoms with van der Waals surface area (Å²) in [7, 11) is 0. The van der Waals surface area contributed by atoms with E-state index in [1.54, 1.807) is 11.3 Å². The van der Waals surface area contributed by atoms with Crippen LogP contribution in [-0.4, -0.2) is 16.2 Å². The molecule has 0 radical (unpaired) electrons. The fourth-order valence-corrected chi connectivity index (χ4v) is 3.46. The highest BCUT2D eigenvalue weighted by molar-refractivity contribution is 7.25. The first-order chi connectivity index (χ1) is 9.65. The molecule has 2 N–H and O–H groups in total. The Bertz CT molecular complexity index is 776. The Kier molecular flexibility index (Phi) is 3.42. The molecule has 0 saturated heterocycles. The number of carboxylic acids is 1. The summed E-state index contributed by atoms with van der Waals surface area (Å²) in [5.41, 5.74) is 0.780. The quantitative estimate of drug-likeness (QED) is 0.763. The lowest BCUT2D eigenvalue weighted by molar-refractivity contribution is -0.137. The number of carbonyl (C=O) groups is 1. The van der Waals surface area contributed by atoms with Crippen LogP contribution in [-0.2, 0) is 4.79 Å². The maximum atomic E-state index is 10.6. The van der Waals surface area contributed by atoms with Gasteiger partial charge in [0.25, 0.3) is 0 Å². The second-order valence-electron chi connectivity index (χ2n) is 4.80. The summed E-state index contributed by atoms with van der Waals surface area (Å²) in [6.45, 7) is 0. The van der Waals surface area contributed by atoms with Crippen molar-refractivity contribution in [1.82, 2.24) is 0 Å². The van der Waals surface area contributed by atoms with E-state index in [1.165, 1.54) is 14.8 Å².